The lowest BCUT2D eigenvalue weighted by Crippen LogP contribution is -2.17. The van der Waals surface area contributed by atoms with Crippen molar-refractivity contribution in [1.29, 1.82) is 0 Å². The number of hydrogen-bond acceptors (Lipinski definition) is 2. The van der Waals surface area contributed by atoms with E-state index in [4.69, 9.17) is 33.7 Å². The molecule has 2 nitrogen and oxygen atoms in total. The van der Waals surface area contributed by atoms with Crippen LogP contribution in [-0.4, -0.2) is 6.04 Å². The van der Waals surface area contributed by atoms with Crippen LogP contribution in [0.5, 0.6) is 11.5 Å². The summed E-state index contributed by atoms with van der Waals surface area (Å²) in [5.74, 6) is 1.24. The van der Waals surface area contributed by atoms with Crippen molar-refractivity contribution >= 4 is 39.1 Å². The summed E-state index contributed by atoms with van der Waals surface area (Å²) in [6.45, 7) is 1.97. The van der Waals surface area contributed by atoms with Crippen molar-refractivity contribution in [2.75, 3.05) is 0 Å². The van der Waals surface area contributed by atoms with E-state index in [0.717, 1.165) is 16.5 Å². The van der Waals surface area contributed by atoms with E-state index in [9.17, 15) is 0 Å². The molecule has 2 N–H and O–H groups in total. The molecule has 0 aliphatic rings. The molecule has 0 spiro atoms. The maximum Gasteiger partial charge on any atom is 0.147 e. The third-order valence-electron chi connectivity index (χ3n) is 2.66. The van der Waals surface area contributed by atoms with Crippen LogP contribution in [0.15, 0.2) is 40.9 Å². The van der Waals surface area contributed by atoms with Gasteiger partial charge in [0.15, 0.2) is 0 Å². The first-order valence-electron chi connectivity index (χ1n) is 6.12. The minimum Gasteiger partial charge on any atom is -0.456 e. The minimum atomic E-state index is 0.107. The minimum absolute atomic E-state index is 0.107. The number of halogens is 3. The van der Waals surface area contributed by atoms with Crippen molar-refractivity contribution in [2.24, 2.45) is 5.73 Å². The maximum absolute atomic E-state index is 6.14. The molecular weight excluding hydrogens is 361 g/mol. The summed E-state index contributed by atoms with van der Waals surface area (Å²) in [7, 11) is 0. The molecule has 1 unspecified atom stereocenters. The Kier molecular flexibility index (Phi) is 5.33. The van der Waals surface area contributed by atoms with Crippen molar-refractivity contribution in [1.82, 2.24) is 0 Å². The average molecular weight is 375 g/mol. The monoisotopic (exact) mass is 373 g/mol. The van der Waals surface area contributed by atoms with E-state index >= 15 is 0 Å². The normalized spacial score (nSPS) is 12.2. The molecule has 2 aromatic carbocycles. The smallest absolute Gasteiger partial charge is 0.147 e. The van der Waals surface area contributed by atoms with Crippen LogP contribution in [0.4, 0.5) is 0 Å². The van der Waals surface area contributed by atoms with Gasteiger partial charge in [0.05, 0.1) is 10.0 Å². The highest BCUT2D eigenvalue weighted by molar-refractivity contribution is 9.10. The standard InChI is InChI=1S/C15H14BrCl2NO/c1-9(19)5-10-3-2-4-11(6-10)20-15-8-13(17)12(16)7-14(15)18/h2-4,6-9H,5,19H2,1H3. The van der Waals surface area contributed by atoms with E-state index in [1.807, 2.05) is 31.2 Å². The molecule has 0 aromatic heterocycles. The van der Waals surface area contributed by atoms with Gasteiger partial charge >= 0.3 is 0 Å². The first kappa shape index (κ1) is 15.6. The van der Waals surface area contributed by atoms with Gasteiger partial charge in [0.1, 0.15) is 11.5 Å². The second kappa shape index (κ2) is 6.81. The highest BCUT2D eigenvalue weighted by Gasteiger charge is 2.08. The first-order chi connectivity index (χ1) is 9.45. The van der Waals surface area contributed by atoms with Crippen LogP contribution in [-0.2, 0) is 6.42 Å². The van der Waals surface area contributed by atoms with Crippen molar-refractivity contribution in [2.45, 2.75) is 19.4 Å². The molecule has 106 valence electrons. The van der Waals surface area contributed by atoms with Crippen LogP contribution in [0.25, 0.3) is 0 Å². The van der Waals surface area contributed by atoms with E-state index in [1.165, 1.54) is 0 Å². The van der Waals surface area contributed by atoms with E-state index in [2.05, 4.69) is 15.9 Å². The quantitative estimate of drug-likeness (QED) is 0.723. The van der Waals surface area contributed by atoms with Gasteiger partial charge in [0, 0.05) is 16.6 Å². The molecule has 0 saturated carbocycles. The summed E-state index contributed by atoms with van der Waals surface area (Å²) in [4.78, 5) is 0. The Morgan fingerprint density at radius 1 is 1.20 bits per heavy atom. The van der Waals surface area contributed by atoms with Gasteiger partial charge in [-0.1, -0.05) is 35.3 Å². The molecule has 2 aromatic rings. The van der Waals surface area contributed by atoms with Crippen molar-refractivity contribution in [3.8, 4) is 11.5 Å². The summed E-state index contributed by atoms with van der Waals surface area (Å²) in [6, 6.07) is 11.3. The molecule has 1 atom stereocenters. The maximum atomic E-state index is 6.14. The number of ether oxygens (including phenoxy) is 1. The molecule has 5 heteroatoms. The Labute approximate surface area is 137 Å². The molecule has 0 aliphatic heterocycles. The molecule has 0 saturated heterocycles. The van der Waals surface area contributed by atoms with Gasteiger partial charge in [0.25, 0.3) is 0 Å². The lowest BCUT2D eigenvalue weighted by molar-refractivity contribution is 0.482. The number of nitrogens with two attached hydrogens (primary N) is 1. The Bertz CT molecular complexity index is 617. The third kappa shape index (κ3) is 4.13. The Morgan fingerprint density at radius 3 is 2.65 bits per heavy atom. The number of rotatable bonds is 4. The van der Waals surface area contributed by atoms with Gasteiger partial charge in [-0.2, -0.15) is 0 Å². The molecule has 0 heterocycles. The Hall–Kier alpha value is -0.740. The zero-order valence-corrected chi connectivity index (χ0v) is 14.0. The van der Waals surface area contributed by atoms with Crippen molar-refractivity contribution in [3.63, 3.8) is 0 Å². The zero-order chi connectivity index (χ0) is 14.7. The molecule has 0 aliphatic carbocycles. The predicted molar refractivity (Wildman–Crippen MR) is 88.0 cm³/mol. The zero-order valence-electron chi connectivity index (χ0n) is 10.9. The van der Waals surface area contributed by atoms with Crippen molar-refractivity contribution in [3.05, 3.63) is 56.5 Å². The van der Waals surface area contributed by atoms with Crippen molar-refractivity contribution < 1.29 is 4.74 Å². The summed E-state index contributed by atoms with van der Waals surface area (Å²) in [5.41, 5.74) is 6.93. The largest absolute Gasteiger partial charge is 0.456 e. The van der Waals surface area contributed by atoms with E-state index in [0.29, 0.717) is 21.5 Å². The van der Waals surface area contributed by atoms with Gasteiger partial charge in [-0.25, -0.2) is 0 Å². The lowest BCUT2D eigenvalue weighted by atomic mass is 10.1. The van der Waals surface area contributed by atoms with Gasteiger partial charge < -0.3 is 10.5 Å². The highest BCUT2D eigenvalue weighted by Crippen LogP contribution is 2.36. The number of hydrogen-bond donors (Lipinski definition) is 1. The topological polar surface area (TPSA) is 35.2 Å². The molecule has 0 bridgehead atoms. The second-order valence-electron chi connectivity index (χ2n) is 4.63. The number of benzene rings is 2. The average Bonchev–Trinajstić information content (AvgIpc) is 2.35. The molecule has 0 fully saturated rings. The van der Waals surface area contributed by atoms with Crippen LogP contribution in [0.2, 0.25) is 10.0 Å². The van der Waals surface area contributed by atoms with Crippen LogP contribution < -0.4 is 10.5 Å². The summed E-state index contributed by atoms with van der Waals surface area (Å²) in [6.07, 6.45) is 0.798. The van der Waals surface area contributed by atoms with Gasteiger partial charge in [-0.05, 0) is 53.0 Å². The highest BCUT2D eigenvalue weighted by atomic mass is 79.9. The molecule has 2 rings (SSSR count). The fourth-order valence-corrected chi connectivity index (χ4v) is 2.65. The fraction of sp³-hybridized carbons (Fsp3) is 0.200. The second-order valence-corrected chi connectivity index (χ2v) is 6.30. The van der Waals surface area contributed by atoms with Crippen LogP contribution in [0.3, 0.4) is 0 Å². The summed E-state index contributed by atoms with van der Waals surface area (Å²) in [5, 5.41) is 1.05. The third-order valence-corrected chi connectivity index (χ3v) is 4.15. The van der Waals surface area contributed by atoms with Gasteiger partial charge in [-0.3, -0.25) is 0 Å². The summed E-state index contributed by atoms with van der Waals surface area (Å²) < 4.78 is 6.53. The van der Waals surface area contributed by atoms with Crippen LogP contribution in [0.1, 0.15) is 12.5 Å². The summed E-state index contributed by atoms with van der Waals surface area (Å²) >= 11 is 15.5. The van der Waals surface area contributed by atoms with E-state index in [-0.39, 0.29) is 6.04 Å². The van der Waals surface area contributed by atoms with Crippen LogP contribution in [0, 0.1) is 0 Å². The molecule has 0 radical (unpaired) electrons. The molecule has 0 amide bonds. The SMILES string of the molecule is CC(N)Cc1cccc(Oc2cc(Cl)c(Br)cc2Cl)c1. The Balaban J connectivity index is 2.24. The fourth-order valence-electron chi connectivity index (χ4n) is 1.82. The first-order valence-corrected chi connectivity index (χ1v) is 7.67. The molecule has 20 heavy (non-hydrogen) atoms. The van der Waals surface area contributed by atoms with Gasteiger partial charge in [0.2, 0.25) is 0 Å². The van der Waals surface area contributed by atoms with Crippen LogP contribution >= 0.6 is 39.1 Å². The van der Waals surface area contributed by atoms with Gasteiger partial charge in [-0.15, -0.1) is 0 Å². The predicted octanol–water partition coefficient (Wildman–Crippen LogP) is 5.44. The lowest BCUT2D eigenvalue weighted by Gasteiger charge is -2.11. The Morgan fingerprint density at radius 2 is 1.95 bits per heavy atom. The van der Waals surface area contributed by atoms with E-state index in [1.54, 1.807) is 12.1 Å². The molecular formula is C15H14BrCl2NO. The van der Waals surface area contributed by atoms with E-state index < -0.39 is 0 Å².